The third kappa shape index (κ3) is 2.76. The second-order valence-electron chi connectivity index (χ2n) is 5.05. The van der Waals surface area contributed by atoms with Crippen LogP contribution < -0.4 is 5.32 Å². The van der Waals surface area contributed by atoms with Crippen molar-refractivity contribution in [3.05, 3.63) is 0 Å². The quantitative estimate of drug-likeness (QED) is 0.749. The summed E-state index contributed by atoms with van der Waals surface area (Å²) in [7, 11) is 0. The smallest absolute Gasteiger partial charge is 0.323 e. The van der Waals surface area contributed by atoms with E-state index in [0.717, 1.165) is 18.8 Å². The van der Waals surface area contributed by atoms with Gasteiger partial charge in [0.2, 0.25) is 0 Å². The highest BCUT2D eigenvalue weighted by Crippen LogP contribution is 2.31. The van der Waals surface area contributed by atoms with Crippen molar-refractivity contribution in [2.24, 2.45) is 5.92 Å². The van der Waals surface area contributed by atoms with Crippen LogP contribution in [0.4, 0.5) is 0 Å². The average molecular weight is 225 g/mol. The molecule has 1 heterocycles. The Balaban J connectivity index is 1.80. The topological polar surface area (TPSA) is 38.3 Å². The Kier molecular flexibility index (Phi) is 4.22. The molecule has 0 bridgehead atoms. The molecule has 0 aromatic carbocycles. The fourth-order valence-electron chi connectivity index (χ4n) is 3.11. The summed E-state index contributed by atoms with van der Waals surface area (Å²) in [5, 5.41) is 3.47. The van der Waals surface area contributed by atoms with Gasteiger partial charge in [-0.25, -0.2) is 0 Å². The minimum absolute atomic E-state index is 0.0353. The first-order valence-corrected chi connectivity index (χ1v) is 6.74. The normalized spacial score (nSPS) is 31.6. The first-order valence-electron chi connectivity index (χ1n) is 6.74. The van der Waals surface area contributed by atoms with Crippen LogP contribution in [0.25, 0.3) is 0 Å². The second kappa shape index (κ2) is 5.67. The van der Waals surface area contributed by atoms with Gasteiger partial charge in [0.15, 0.2) is 0 Å². The van der Waals surface area contributed by atoms with E-state index >= 15 is 0 Å². The molecule has 2 atom stereocenters. The molecule has 0 radical (unpaired) electrons. The monoisotopic (exact) mass is 225 g/mol. The van der Waals surface area contributed by atoms with E-state index in [1.165, 1.54) is 32.1 Å². The van der Waals surface area contributed by atoms with Crippen molar-refractivity contribution >= 4 is 5.97 Å². The summed E-state index contributed by atoms with van der Waals surface area (Å²) in [6, 6.07) is 0.529. The lowest BCUT2D eigenvalue weighted by molar-refractivity contribution is -0.145. The van der Waals surface area contributed by atoms with Crippen molar-refractivity contribution in [2.45, 2.75) is 64.0 Å². The highest BCUT2D eigenvalue weighted by molar-refractivity contribution is 5.76. The fraction of sp³-hybridized carbons (Fsp3) is 0.923. The van der Waals surface area contributed by atoms with Crippen molar-refractivity contribution < 1.29 is 9.53 Å². The summed E-state index contributed by atoms with van der Waals surface area (Å²) in [6.45, 7) is 2.36. The molecule has 1 aliphatic heterocycles. The van der Waals surface area contributed by atoms with E-state index in [9.17, 15) is 4.79 Å². The van der Waals surface area contributed by atoms with E-state index in [1.807, 2.05) is 6.92 Å². The van der Waals surface area contributed by atoms with Gasteiger partial charge in [0, 0.05) is 6.04 Å². The van der Waals surface area contributed by atoms with Crippen LogP contribution in [0.2, 0.25) is 0 Å². The average Bonchev–Trinajstić information content (AvgIpc) is 2.80. The SMILES string of the molecule is CCOC(=O)[C@@H]1CC[C@@H](C2CCCCC2)N1. The van der Waals surface area contributed by atoms with Gasteiger partial charge in [0.05, 0.1) is 6.61 Å². The Morgan fingerprint density at radius 3 is 2.62 bits per heavy atom. The maximum absolute atomic E-state index is 11.6. The number of carbonyl (C=O) groups excluding carboxylic acids is 1. The summed E-state index contributed by atoms with van der Waals surface area (Å²) in [5.41, 5.74) is 0. The Hall–Kier alpha value is -0.570. The molecule has 0 amide bonds. The van der Waals surface area contributed by atoms with E-state index in [2.05, 4.69) is 5.32 Å². The van der Waals surface area contributed by atoms with Crippen LogP contribution in [-0.2, 0) is 9.53 Å². The van der Waals surface area contributed by atoms with Gasteiger partial charge in [-0.3, -0.25) is 4.79 Å². The Morgan fingerprint density at radius 1 is 1.19 bits per heavy atom. The van der Waals surface area contributed by atoms with Crippen molar-refractivity contribution in [3.63, 3.8) is 0 Å². The first kappa shape index (κ1) is 11.9. The predicted molar refractivity (Wildman–Crippen MR) is 63.2 cm³/mol. The molecule has 1 saturated heterocycles. The van der Waals surface area contributed by atoms with Crippen LogP contribution in [0.1, 0.15) is 51.9 Å². The summed E-state index contributed by atoms with van der Waals surface area (Å²) in [5.74, 6) is 0.744. The molecule has 92 valence electrons. The fourth-order valence-corrected chi connectivity index (χ4v) is 3.11. The molecule has 0 spiro atoms. The lowest BCUT2D eigenvalue weighted by Gasteiger charge is -2.27. The molecule has 16 heavy (non-hydrogen) atoms. The minimum Gasteiger partial charge on any atom is -0.465 e. The van der Waals surface area contributed by atoms with Crippen LogP contribution in [0.5, 0.6) is 0 Å². The maximum atomic E-state index is 11.6. The molecule has 3 nitrogen and oxygen atoms in total. The van der Waals surface area contributed by atoms with Crippen LogP contribution in [0, 0.1) is 5.92 Å². The van der Waals surface area contributed by atoms with Gasteiger partial charge in [0.1, 0.15) is 6.04 Å². The highest BCUT2D eigenvalue weighted by Gasteiger charge is 2.34. The van der Waals surface area contributed by atoms with E-state index in [4.69, 9.17) is 4.74 Å². The molecule has 0 unspecified atom stereocenters. The summed E-state index contributed by atoms with van der Waals surface area (Å²) in [6.07, 6.45) is 8.92. The van der Waals surface area contributed by atoms with E-state index in [1.54, 1.807) is 0 Å². The summed E-state index contributed by atoms with van der Waals surface area (Å²) < 4.78 is 5.06. The van der Waals surface area contributed by atoms with E-state index < -0.39 is 0 Å². The van der Waals surface area contributed by atoms with Crippen LogP contribution >= 0.6 is 0 Å². The van der Waals surface area contributed by atoms with Gasteiger partial charge in [-0.2, -0.15) is 0 Å². The van der Waals surface area contributed by atoms with Gasteiger partial charge in [-0.1, -0.05) is 19.3 Å². The number of nitrogens with one attached hydrogen (secondary N) is 1. The van der Waals surface area contributed by atoms with Gasteiger partial charge < -0.3 is 10.1 Å². The van der Waals surface area contributed by atoms with Crippen molar-refractivity contribution in [3.8, 4) is 0 Å². The maximum Gasteiger partial charge on any atom is 0.323 e. The predicted octanol–water partition coefficient (Wildman–Crippen LogP) is 2.25. The largest absolute Gasteiger partial charge is 0.465 e. The zero-order valence-electron chi connectivity index (χ0n) is 10.2. The van der Waals surface area contributed by atoms with E-state index in [-0.39, 0.29) is 12.0 Å². The first-order chi connectivity index (χ1) is 7.81. The Morgan fingerprint density at radius 2 is 1.94 bits per heavy atom. The van der Waals surface area contributed by atoms with Crippen LogP contribution in [0.3, 0.4) is 0 Å². The molecule has 2 fully saturated rings. The van der Waals surface area contributed by atoms with E-state index in [0.29, 0.717) is 12.6 Å². The summed E-state index contributed by atoms with van der Waals surface area (Å²) >= 11 is 0. The highest BCUT2D eigenvalue weighted by atomic mass is 16.5. The van der Waals surface area contributed by atoms with Gasteiger partial charge in [-0.05, 0) is 38.5 Å². The van der Waals surface area contributed by atoms with Crippen molar-refractivity contribution in [1.29, 1.82) is 0 Å². The molecule has 0 aromatic rings. The standard InChI is InChI=1S/C13H23NO2/c1-2-16-13(15)12-9-8-11(14-12)10-6-4-3-5-7-10/h10-12,14H,2-9H2,1H3/t11-,12-/m0/s1. The zero-order chi connectivity index (χ0) is 11.4. The number of hydrogen-bond donors (Lipinski definition) is 1. The second-order valence-corrected chi connectivity index (χ2v) is 5.05. The van der Waals surface area contributed by atoms with Gasteiger partial charge >= 0.3 is 5.97 Å². The number of esters is 1. The Bertz CT molecular complexity index is 236. The van der Waals surface area contributed by atoms with Gasteiger partial charge in [0.25, 0.3) is 0 Å². The number of carbonyl (C=O) groups is 1. The summed E-state index contributed by atoms with van der Waals surface area (Å²) in [4.78, 5) is 11.6. The van der Waals surface area contributed by atoms with Crippen molar-refractivity contribution in [1.82, 2.24) is 5.32 Å². The molecule has 1 saturated carbocycles. The van der Waals surface area contributed by atoms with Crippen LogP contribution in [0.15, 0.2) is 0 Å². The third-order valence-electron chi connectivity index (χ3n) is 3.97. The molecule has 2 aliphatic rings. The lowest BCUT2D eigenvalue weighted by atomic mass is 9.83. The number of hydrogen-bond acceptors (Lipinski definition) is 3. The van der Waals surface area contributed by atoms with Crippen LogP contribution in [-0.4, -0.2) is 24.7 Å². The molecular formula is C13H23NO2. The molecule has 2 rings (SSSR count). The lowest BCUT2D eigenvalue weighted by Crippen LogP contribution is -2.40. The third-order valence-corrected chi connectivity index (χ3v) is 3.97. The molecule has 1 N–H and O–H groups in total. The number of rotatable bonds is 3. The molecular weight excluding hydrogens is 202 g/mol. The molecule has 3 heteroatoms. The zero-order valence-corrected chi connectivity index (χ0v) is 10.2. The minimum atomic E-state index is -0.0548. The number of ether oxygens (including phenoxy) is 1. The molecule has 0 aromatic heterocycles. The Labute approximate surface area is 97.9 Å². The van der Waals surface area contributed by atoms with Gasteiger partial charge in [-0.15, -0.1) is 0 Å². The molecule has 1 aliphatic carbocycles. The van der Waals surface area contributed by atoms with Crippen molar-refractivity contribution in [2.75, 3.05) is 6.61 Å².